The third-order valence-electron chi connectivity index (χ3n) is 3.72. The number of hydrogen-bond acceptors (Lipinski definition) is 3. The van der Waals surface area contributed by atoms with Crippen molar-refractivity contribution >= 4 is 22.3 Å². The third-order valence-corrected chi connectivity index (χ3v) is 3.72. The summed E-state index contributed by atoms with van der Waals surface area (Å²) in [5.74, 6) is 1.45. The molecule has 0 spiro atoms. The van der Waals surface area contributed by atoms with Crippen molar-refractivity contribution in [2.75, 3.05) is 0 Å². The molecular formula is C15H9N2O2+. The van der Waals surface area contributed by atoms with E-state index in [9.17, 15) is 0 Å². The lowest BCUT2D eigenvalue weighted by molar-refractivity contribution is -0.648. The number of fused-ring (bicyclic) bond motifs is 7. The molecule has 90 valence electrons. The molecule has 0 bridgehead atoms. The molecular weight excluding hydrogens is 240 g/mol. The summed E-state index contributed by atoms with van der Waals surface area (Å²) in [4.78, 5) is 4.08. The van der Waals surface area contributed by atoms with Gasteiger partial charge in [-0.3, -0.25) is 4.98 Å². The molecule has 4 aromatic rings. The van der Waals surface area contributed by atoms with Gasteiger partial charge in [0.25, 0.3) is 0 Å². The maximum Gasteiger partial charge on any atom is 0.384 e. The van der Waals surface area contributed by atoms with Gasteiger partial charge in [-0.15, -0.1) is 4.57 Å². The smallest absolute Gasteiger partial charge is 0.384 e. The van der Waals surface area contributed by atoms with Crippen LogP contribution in [0, 0.1) is 0 Å². The van der Waals surface area contributed by atoms with E-state index < -0.39 is 0 Å². The number of aromatic nitrogens is 2. The summed E-state index contributed by atoms with van der Waals surface area (Å²) in [7, 11) is 0. The van der Waals surface area contributed by atoms with Crippen molar-refractivity contribution in [2.45, 2.75) is 6.54 Å². The molecule has 19 heavy (non-hydrogen) atoms. The molecule has 4 nitrogen and oxygen atoms in total. The lowest BCUT2D eigenvalue weighted by Gasteiger charge is -1.88. The van der Waals surface area contributed by atoms with Gasteiger partial charge in [0.2, 0.25) is 0 Å². The zero-order chi connectivity index (χ0) is 12.4. The number of nitrogens with zero attached hydrogens (tertiary/aromatic N) is 2. The van der Waals surface area contributed by atoms with Crippen LogP contribution in [0.4, 0.5) is 0 Å². The Bertz CT molecular complexity index is 949. The number of benzene rings is 1. The summed E-state index contributed by atoms with van der Waals surface area (Å²) >= 11 is 0. The Labute approximate surface area is 107 Å². The summed E-state index contributed by atoms with van der Waals surface area (Å²) in [5, 5.41) is 1.05. The second-order valence-corrected chi connectivity index (χ2v) is 4.76. The number of hydrogen-bond donors (Lipinski definition) is 0. The van der Waals surface area contributed by atoms with Gasteiger partial charge in [0.05, 0.1) is 17.1 Å². The first kappa shape index (κ1) is 9.33. The van der Waals surface area contributed by atoms with Gasteiger partial charge in [-0.05, 0) is 12.1 Å². The Kier molecular flexibility index (Phi) is 1.49. The van der Waals surface area contributed by atoms with E-state index in [1.165, 1.54) is 5.56 Å². The zero-order valence-corrected chi connectivity index (χ0v) is 9.96. The van der Waals surface area contributed by atoms with E-state index in [1.54, 1.807) is 12.4 Å². The number of furan rings is 1. The summed E-state index contributed by atoms with van der Waals surface area (Å²) in [6.45, 7) is 0.829. The molecule has 1 aromatic carbocycles. The topological polar surface area (TPSA) is 43.0 Å². The Morgan fingerprint density at radius 3 is 3.05 bits per heavy atom. The van der Waals surface area contributed by atoms with Crippen LogP contribution in [0.15, 0.2) is 51.6 Å². The highest BCUT2D eigenvalue weighted by Gasteiger charge is 2.36. The first-order chi connectivity index (χ1) is 9.42. The van der Waals surface area contributed by atoms with Gasteiger partial charge in [0, 0.05) is 11.8 Å². The molecule has 0 unspecified atom stereocenters. The van der Waals surface area contributed by atoms with Crippen LogP contribution in [0.3, 0.4) is 0 Å². The van der Waals surface area contributed by atoms with Crippen LogP contribution in [0.5, 0.6) is 0 Å². The highest BCUT2D eigenvalue weighted by Crippen LogP contribution is 2.35. The van der Waals surface area contributed by atoms with E-state index in [4.69, 9.17) is 8.83 Å². The van der Waals surface area contributed by atoms with Gasteiger partial charge >= 0.3 is 17.2 Å². The predicted octanol–water partition coefficient (Wildman–Crippen LogP) is 2.89. The SMILES string of the molecule is c1ccc2c(c1)C[n+]1c-2oc2oc3cnccc3c21. The summed E-state index contributed by atoms with van der Waals surface area (Å²) in [6, 6.07) is 10.3. The van der Waals surface area contributed by atoms with Gasteiger partial charge in [0.15, 0.2) is 12.1 Å². The quantitative estimate of drug-likeness (QED) is 0.396. The van der Waals surface area contributed by atoms with Crippen LogP contribution >= 0.6 is 0 Å². The molecule has 0 amide bonds. The molecule has 0 aliphatic carbocycles. The standard InChI is InChI=1S/C15H9N2O2/c1-2-4-10-9(3-1)8-17-13-11-5-6-16-7-12(11)18-15(13)19-14(10)17/h1-7H,8H2/q+1. The molecule has 1 aliphatic rings. The van der Waals surface area contributed by atoms with Crippen molar-refractivity contribution in [2.24, 2.45) is 0 Å². The van der Waals surface area contributed by atoms with Gasteiger partial charge in [0.1, 0.15) is 0 Å². The van der Waals surface area contributed by atoms with Gasteiger partial charge in [-0.2, -0.15) is 0 Å². The minimum atomic E-state index is 0.576. The Morgan fingerprint density at radius 1 is 1.11 bits per heavy atom. The average Bonchev–Trinajstić information content (AvgIpc) is 3.05. The van der Waals surface area contributed by atoms with Crippen molar-refractivity contribution in [1.82, 2.24) is 4.98 Å². The largest absolute Gasteiger partial charge is 0.418 e. The minimum absolute atomic E-state index is 0.576. The van der Waals surface area contributed by atoms with E-state index >= 15 is 0 Å². The molecule has 0 radical (unpaired) electrons. The van der Waals surface area contributed by atoms with Gasteiger partial charge in [-0.25, -0.2) is 0 Å². The Hall–Kier alpha value is -2.62. The second kappa shape index (κ2) is 3.03. The van der Waals surface area contributed by atoms with Crippen molar-refractivity contribution < 1.29 is 13.4 Å². The Balaban J connectivity index is 1.94. The predicted molar refractivity (Wildman–Crippen MR) is 68.5 cm³/mol. The Morgan fingerprint density at radius 2 is 2.05 bits per heavy atom. The molecule has 4 heterocycles. The lowest BCUT2D eigenvalue weighted by Crippen LogP contribution is -2.30. The zero-order valence-electron chi connectivity index (χ0n) is 9.96. The first-order valence-corrected chi connectivity index (χ1v) is 6.19. The molecule has 0 atom stereocenters. The third kappa shape index (κ3) is 1.04. The van der Waals surface area contributed by atoms with Crippen molar-refractivity contribution in [1.29, 1.82) is 0 Å². The molecule has 3 aromatic heterocycles. The summed E-state index contributed by atoms with van der Waals surface area (Å²) < 4.78 is 13.8. The maximum atomic E-state index is 5.89. The van der Waals surface area contributed by atoms with E-state index in [-0.39, 0.29) is 0 Å². The fraction of sp³-hybridized carbons (Fsp3) is 0.0667. The molecule has 0 fully saturated rings. The first-order valence-electron chi connectivity index (χ1n) is 6.19. The van der Waals surface area contributed by atoms with Crippen LogP contribution < -0.4 is 4.57 Å². The fourth-order valence-electron chi connectivity index (χ4n) is 2.87. The highest BCUT2D eigenvalue weighted by molar-refractivity contribution is 5.98. The average molecular weight is 249 g/mol. The summed E-state index contributed by atoms with van der Waals surface area (Å²) in [5.41, 5.74) is 4.22. The molecule has 5 rings (SSSR count). The highest BCUT2D eigenvalue weighted by atomic mass is 16.5. The normalized spacial score (nSPS) is 13.1. The van der Waals surface area contributed by atoms with Crippen LogP contribution in [-0.2, 0) is 6.54 Å². The van der Waals surface area contributed by atoms with E-state index in [1.807, 2.05) is 12.1 Å². The molecule has 0 saturated heterocycles. The molecule has 1 aliphatic heterocycles. The van der Waals surface area contributed by atoms with E-state index in [0.717, 1.165) is 34.5 Å². The lowest BCUT2D eigenvalue weighted by atomic mass is 10.1. The van der Waals surface area contributed by atoms with Gasteiger partial charge in [-0.1, -0.05) is 18.2 Å². The fourth-order valence-corrected chi connectivity index (χ4v) is 2.87. The van der Waals surface area contributed by atoms with Crippen molar-refractivity contribution in [3.63, 3.8) is 0 Å². The second-order valence-electron chi connectivity index (χ2n) is 4.76. The molecule has 0 N–H and O–H groups in total. The van der Waals surface area contributed by atoms with E-state index in [2.05, 4.69) is 27.8 Å². The maximum absolute atomic E-state index is 5.89. The monoisotopic (exact) mass is 249 g/mol. The van der Waals surface area contributed by atoms with Crippen LogP contribution in [-0.4, -0.2) is 4.98 Å². The van der Waals surface area contributed by atoms with Crippen LogP contribution in [0.2, 0.25) is 0 Å². The van der Waals surface area contributed by atoms with Crippen LogP contribution in [0.25, 0.3) is 33.7 Å². The molecule has 0 saturated carbocycles. The van der Waals surface area contributed by atoms with E-state index in [0.29, 0.717) is 5.78 Å². The number of pyridine rings is 1. The number of rotatable bonds is 0. The minimum Gasteiger partial charge on any atom is -0.418 e. The van der Waals surface area contributed by atoms with Crippen LogP contribution in [0.1, 0.15) is 5.56 Å². The summed E-state index contributed by atoms with van der Waals surface area (Å²) in [6.07, 6.45) is 3.50. The van der Waals surface area contributed by atoms with Crippen molar-refractivity contribution in [3.8, 4) is 11.5 Å². The molecule has 4 heteroatoms. The number of oxazole rings is 1. The van der Waals surface area contributed by atoms with Crippen molar-refractivity contribution in [3.05, 3.63) is 48.3 Å². The van der Waals surface area contributed by atoms with Gasteiger partial charge < -0.3 is 8.83 Å².